The molecule has 2 aliphatic rings. The number of rotatable bonds is 2. The molecule has 0 N–H and O–H groups in total. The minimum atomic E-state index is -2.85. The fourth-order valence-corrected chi connectivity index (χ4v) is 2.66. The molecule has 3 nitrogen and oxygen atoms in total. The molecule has 16 heavy (non-hydrogen) atoms. The van der Waals surface area contributed by atoms with Crippen LogP contribution in [0.3, 0.4) is 0 Å². The van der Waals surface area contributed by atoms with Crippen molar-refractivity contribution in [3.8, 4) is 0 Å². The van der Waals surface area contributed by atoms with E-state index < -0.39 is 12.3 Å². The maximum Gasteiger partial charge on any atom is 0.315 e. The van der Waals surface area contributed by atoms with Crippen molar-refractivity contribution < 1.29 is 13.6 Å². The van der Waals surface area contributed by atoms with Gasteiger partial charge in [-0.25, -0.2) is 0 Å². The fourth-order valence-electron chi connectivity index (χ4n) is 2.66. The van der Waals surface area contributed by atoms with Gasteiger partial charge < -0.3 is 4.90 Å². The lowest BCUT2D eigenvalue weighted by atomic mass is 10.1. The second-order valence-electron chi connectivity index (χ2n) is 4.62. The minimum Gasteiger partial charge on any atom is -0.336 e. The Labute approximate surface area is 94.4 Å². The highest BCUT2D eigenvalue weighted by Gasteiger charge is 2.33. The molecule has 5 heteroatoms. The number of amides is 1. The molecule has 2 aliphatic heterocycles. The van der Waals surface area contributed by atoms with Gasteiger partial charge in [-0.15, -0.1) is 0 Å². The Bertz CT molecular complexity index is 254. The first kappa shape index (κ1) is 11.8. The van der Waals surface area contributed by atoms with E-state index in [2.05, 4.69) is 4.90 Å². The van der Waals surface area contributed by atoms with Crippen LogP contribution in [0.1, 0.15) is 25.7 Å². The second kappa shape index (κ2) is 5.08. The number of carbonyl (C=O) groups excluding carboxylic acids is 1. The van der Waals surface area contributed by atoms with Gasteiger partial charge in [0.15, 0.2) is 0 Å². The Morgan fingerprint density at radius 1 is 1.12 bits per heavy atom. The SMILES string of the molecule is O=C(C(F)F)N1CCC(N2CCCCC2)C1. The molecule has 2 rings (SSSR count). The lowest BCUT2D eigenvalue weighted by Crippen LogP contribution is -2.42. The quantitative estimate of drug-likeness (QED) is 0.717. The van der Waals surface area contributed by atoms with Crippen molar-refractivity contribution in [1.82, 2.24) is 9.80 Å². The zero-order chi connectivity index (χ0) is 11.5. The highest BCUT2D eigenvalue weighted by Crippen LogP contribution is 2.21. The Kier molecular flexibility index (Phi) is 3.74. The molecule has 0 spiro atoms. The zero-order valence-electron chi connectivity index (χ0n) is 9.37. The summed E-state index contributed by atoms with van der Waals surface area (Å²) >= 11 is 0. The maximum absolute atomic E-state index is 12.2. The van der Waals surface area contributed by atoms with Crippen molar-refractivity contribution in [2.75, 3.05) is 26.2 Å². The summed E-state index contributed by atoms with van der Waals surface area (Å²) in [6.07, 6.45) is 1.65. The summed E-state index contributed by atoms with van der Waals surface area (Å²) < 4.78 is 24.5. The molecule has 1 atom stereocenters. The van der Waals surface area contributed by atoms with E-state index in [4.69, 9.17) is 0 Å². The first-order valence-electron chi connectivity index (χ1n) is 5.99. The highest BCUT2D eigenvalue weighted by molar-refractivity contribution is 5.79. The molecule has 1 unspecified atom stereocenters. The van der Waals surface area contributed by atoms with E-state index in [-0.39, 0.29) is 0 Å². The molecule has 0 aromatic rings. The van der Waals surface area contributed by atoms with Crippen LogP contribution < -0.4 is 0 Å². The van der Waals surface area contributed by atoms with E-state index in [1.54, 1.807) is 0 Å². The topological polar surface area (TPSA) is 23.6 Å². The molecule has 2 saturated heterocycles. The number of nitrogens with zero attached hydrogens (tertiary/aromatic N) is 2. The van der Waals surface area contributed by atoms with Crippen LogP contribution in [-0.4, -0.2) is 54.4 Å². The van der Waals surface area contributed by atoms with Crippen LogP contribution in [0.25, 0.3) is 0 Å². The Balaban J connectivity index is 1.85. The highest BCUT2D eigenvalue weighted by atomic mass is 19.3. The van der Waals surface area contributed by atoms with Gasteiger partial charge >= 0.3 is 6.43 Å². The van der Waals surface area contributed by atoms with Crippen molar-refractivity contribution in [1.29, 1.82) is 0 Å². The van der Waals surface area contributed by atoms with Gasteiger partial charge in [-0.3, -0.25) is 9.69 Å². The summed E-state index contributed by atoms with van der Waals surface area (Å²) in [4.78, 5) is 14.8. The van der Waals surface area contributed by atoms with Gasteiger partial charge in [0.1, 0.15) is 0 Å². The Morgan fingerprint density at radius 3 is 2.44 bits per heavy atom. The van der Waals surface area contributed by atoms with Gasteiger partial charge in [-0.2, -0.15) is 8.78 Å². The Hall–Kier alpha value is -0.710. The number of piperidine rings is 1. The summed E-state index contributed by atoms with van der Waals surface area (Å²) in [5.41, 5.74) is 0. The molecular weight excluding hydrogens is 214 g/mol. The monoisotopic (exact) mass is 232 g/mol. The lowest BCUT2D eigenvalue weighted by molar-refractivity contribution is -0.141. The third-order valence-corrected chi connectivity index (χ3v) is 3.57. The van der Waals surface area contributed by atoms with E-state index in [1.165, 1.54) is 24.2 Å². The summed E-state index contributed by atoms with van der Waals surface area (Å²) in [6, 6.07) is 0.308. The van der Waals surface area contributed by atoms with Crippen LogP contribution in [0.5, 0.6) is 0 Å². The van der Waals surface area contributed by atoms with E-state index in [0.29, 0.717) is 19.1 Å². The number of likely N-dealkylation sites (tertiary alicyclic amines) is 2. The van der Waals surface area contributed by atoms with Crippen LogP contribution in [-0.2, 0) is 4.79 Å². The molecule has 1 amide bonds. The predicted molar refractivity (Wildman–Crippen MR) is 56.4 cm³/mol. The van der Waals surface area contributed by atoms with Gasteiger partial charge in [0.05, 0.1) is 0 Å². The molecule has 2 heterocycles. The summed E-state index contributed by atoms with van der Waals surface area (Å²) in [5.74, 6) is -1.00. The van der Waals surface area contributed by atoms with Crippen molar-refractivity contribution in [3.05, 3.63) is 0 Å². The maximum atomic E-state index is 12.2. The van der Waals surface area contributed by atoms with E-state index in [0.717, 1.165) is 19.5 Å². The number of hydrogen-bond acceptors (Lipinski definition) is 2. The third kappa shape index (κ3) is 2.51. The molecule has 0 aromatic heterocycles. The van der Waals surface area contributed by atoms with E-state index in [9.17, 15) is 13.6 Å². The summed E-state index contributed by atoms with van der Waals surface area (Å²) in [6.45, 7) is 3.09. The molecule has 0 aliphatic carbocycles. The standard InChI is InChI=1S/C11H18F2N2O/c12-10(13)11(16)15-7-4-9(8-15)14-5-2-1-3-6-14/h9-10H,1-8H2. The smallest absolute Gasteiger partial charge is 0.315 e. The first-order chi connectivity index (χ1) is 7.68. The average molecular weight is 232 g/mol. The molecule has 92 valence electrons. The van der Waals surface area contributed by atoms with E-state index in [1.807, 2.05) is 0 Å². The van der Waals surface area contributed by atoms with Crippen molar-refractivity contribution in [3.63, 3.8) is 0 Å². The molecular formula is C11H18F2N2O. The van der Waals surface area contributed by atoms with Crippen LogP contribution >= 0.6 is 0 Å². The fraction of sp³-hybridized carbons (Fsp3) is 0.909. The van der Waals surface area contributed by atoms with E-state index >= 15 is 0 Å². The molecule has 0 bridgehead atoms. The molecule has 0 saturated carbocycles. The molecule has 2 fully saturated rings. The van der Waals surface area contributed by atoms with Crippen LogP contribution in [0.2, 0.25) is 0 Å². The van der Waals surface area contributed by atoms with Crippen molar-refractivity contribution in [2.45, 2.75) is 38.2 Å². The van der Waals surface area contributed by atoms with Crippen molar-refractivity contribution >= 4 is 5.91 Å². The van der Waals surface area contributed by atoms with Crippen LogP contribution in [0.4, 0.5) is 8.78 Å². The number of alkyl halides is 2. The minimum absolute atomic E-state index is 0.308. The van der Waals surface area contributed by atoms with Gasteiger partial charge in [-0.1, -0.05) is 6.42 Å². The number of halogens is 2. The van der Waals surface area contributed by atoms with Gasteiger partial charge in [0.2, 0.25) is 0 Å². The van der Waals surface area contributed by atoms with Gasteiger partial charge in [0.25, 0.3) is 5.91 Å². The van der Waals surface area contributed by atoms with Crippen LogP contribution in [0, 0.1) is 0 Å². The zero-order valence-corrected chi connectivity index (χ0v) is 9.37. The third-order valence-electron chi connectivity index (χ3n) is 3.57. The van der Waals surface area contributed by atoms with Gasteiger partial charge in [-0.05, 0) is 32.4 Å². The lowest BCUT2D eigenvalue weighted by Gasteiger charge is -2.32. The predicted octanol–water partition coefficient (Wildman–Crippen LogP) is 1.34. The molecule has 0 radical (unpaired) electrons. The number of carbonyl (C=O) groups is 1. The summed E-state index contributed by atoms with van der Waals surface area (Å²) in [7, 11) is 0. The summed E-state index contributed by atoms with van der Waals surface area (Å²) in [5, 5.41) is 0. The second-order valence-corrected chi connectivity index (χ2v) is 4.62. The van der Waals surface area contributed by atoms with Crippen LogP contribution in [0.15, 0.2) is 0 Å². The number of hydrogen-bond donors (Lipinski definition) is 0. The average Bonchev–Trinajstić information content (AvgIpc) is 2.78. The molecule has 0 aromatic carbocycles. The first-order valence-corrected chi connectivity index (χ1v) is 5.99. The largest absolute Gasteiger partial charge is 0.336 e. The Morgan fingerprint density at radius 2 is 1.81 bits per heavy atom. The van der Waals surface area contributed by atoms with Gasteiger partial charge in [0, 0.05) is 19.1 Å². The van der Waals surface area contributed by atoms with Crippen molar-refractivity contribution in [2.24, 2.45) is 0 Å². The normalized spacial score (nSPS) is 27.7.